The molecular weight excluding hydrogens is 328 g/mol. The third kappa shape index (κ3) is 4.92. The minimum absolute atomic E-state index is 0.0923. The predicted molar refractivity (Wildman–Crippen MR) is 91.9 cm³/mol. The molecule has 2 rings (SSSR count). The van der Waals surface area contributed by atoms with Crippen molar-refractivity contribution in [2.45, 2.75) is 19.4 Å². The van der Waals surface area contributed by atoms with Crippen LogP contribution in [0.2, 0.25) is 0 Å². The zero-order valence-corrected chi connectivity index (χ0v) is 14.2. The number of rotatable bonds is 6. The van der Waals surface area contributed by atoms with Crippen molar-refractivity contribution in [3.05, 3.63) is 52.9 Å². The van der Waals surface area contributed by atoms with Gasteiger partial charge in [-0.1, -0.05) is 30.3 Å². The van der Waals surface area contributed by atoms with Gasteiger partial charge >= 0.3 is 5.97 Å². The highest BCUT2D eigenvalue weighted by molar-refractivity contribution is 7.18. The van der Waals surface area contributed by atoms with Crippen LogP contribution in [0.5, 0.6) is 0 Å². The molecule has 0 spiro atoms. The molecule has 7 heteroatoms. The Morgan fingerprint density at radius 1 is 1.12 bits per heavy atom. The number of carbonyl (C=O) groups is 3. The Bertz CT molecular complexity index is 727. The first-order valence-corrected chi connectivity index (χ1v) is 8.11. The van der Waals surface area contributed by atoms with Crippen LogP contribution in [0.3, 0.4) is 0 Å². The second-order valence-electron chi connectivity index (χ2n) is 5.07. The lowest BCUT2D eigenvalue weighted by atomic mass is 10.0. The summed E-state index contributed by atoms with van der Waals surface area (Å²) in [4.78, 5) is 35.5. The maximum Gasteiger partial charge on any atom is 0.348 e. The Balaban J connectivity index is 2.03. The Morgan fingerprint density at radius 3 is 2.46 bits per heavy atom. The van der Waals surface area contributed by atoms with Crippen molar-refractivity contribution in [3.63, 3.8) is 0 Å². The van der Waals surface area contributed by atoms with E-state index >= 15 is 0 Å². The van der Waals surface area contributed by atoms with E-state index in [-0.39, 0.29) is 18.2 Å². The topological polar surface area (TPSA) is 84.5 Å². The van der Waals surface area contributed by atoms with Crippen molar-refractivity contribution >= 4 is 34.1 Å². The molecule has 0 aliphatic heterocycles. The van der Waals surface area contributed by atoms with Crippen LogP contribution in [-0.4, -0.2) is 24.9 Å². The monoisotopic (exact) mass is 346 g/mol. The van der Waals surface area contributed by atoms with E-state index in [1.165, 1.54) is 14.0 Å². The number of esters is 1. The molecule has 126 valence electrons. The van der Waals surface area contributed by atoms with Gasteiger partial charge in [0, 0.05) is 6.92 Å². The van der Waals surface area contributed by atoms with Crippen molar-refractivity contribution in [2.75, 3.05) is 12.4 Å². The highest BCUT2D eigenvalue weighted by Gasteiger charge is 2.18. The van der Waals surface area contributed by atoms with E-state index in [0.29, 0.717) is 9.88 Å². The van der Waals surface area contributed by atoms with Gasteiger partial charge in [-0.3, -0.25) is 9.59 Å². The minimum atomic E-state index is -0.444. The van der Waals surface area contributed by atoms with Crippen LogP contribution >= 0.6 is 11.3 Å². The van der Waals surface area contributed by atoms with Gasteiger partial charge in [0.05, 0.1) is 24.6 Å². The summed E-state index contributed by atoms with van der Waals surface area (Å²) in [7, 11) is 1.30. The molecule has 0 saturated carbocycles. The quantitative estimate of drug-likeness (QED) is 0.788. The smallest absolute Gasteiger partial charge is 0.348 e. The Kier molecular flexibility index (Phi) is 6.08. The minimum Gasteiger partial charge on any atom is -0.465 e. The van der Waals surface area contributed by atoms with Crippen LogP contribution in [0.4, 0.5) is 5.00 Å². The summed E-state index contributed by atoms with van der Waals surface area (Å²) in [5, 5.41) is 6.06. The molecular formula is C17H18N2O4S. The maximum absolute atomic E-state index is 12.3. The van der Waals surface area contributed by atoms with Crippen molar-refractivity contribution in [1.29, 1.82) is 0 Å². The molecule has 0 aliphatic rings. The normalized spacial score (nSPS) is 11.4. The molecule has 1 aromatic carbocycles. The van der Waals surface area contributed by atoms with Crippen LogP contribution in [-0.2, 0) is 14.3 Å². The highest BCUT2D eigenvalue weighted by Crippen LogP contribution is 2.24. The van der Waals surface area contributed by atoms with Crippen LogP contribution in [0, 0.1) is 0 Å². The van der Waals surface area contributed by atoms with E-state index in [4.69, 9.17) is 0 Å². The largest absolute Gasteiger partial charge is 0.465 e. The van der Waals surface area contributed by atoms with Gasteiger partial charge in [-0.25, -0.2) is 4.79 Å². The molecule has 1 heterocycles. The molecule has 0 unspecified atom stereocenters. The van der Waals surface area contributed by atoms with Crippen molar-refractivity contribution in [1.82, 2.24) is 5.32 Å². The van der Waals surface area contributed by atoms with E-state index in [2.05, 4.69) is 15.4 Å². The maximum atomic E-state index is 12.3. The summed E-state index contributed by atoms with van der Waals surface area (Å²) >= 11 is 1.14. The highest BCUT2D eigenvalue weighted by atomic mass is 32.1. The van der Waals surface area contributed by atoms with Crippen molar-refractivity contribution in [3.8, 4) is 0 Å². The van der Waals surface area contributed by atoms with Crippen LogP contribution in [0.25, 0.3) is 0 Å². The van der Waals surface area contributed by atoms with Gasteiger partial charge in [0.25, 0.3) is 0 Å². The predicted octanol–water partition coefficient (Wildman–Crippen LogP) is 2.74. The number of carbonyl (C=O) groups excluding carboxylic acids is 3. The van der Waals surface area contributed by atoms with E-state index in [1.54, 1.807) is 12.1 Å². The van der Waals surface area contributed by atoms with Gasteiger partial charge in [0.15, 0.2) is 0 Å². The second-order valence-corrected chi connectivity index (χ2v) is 6.16. The zero-order chi connectivity index (χ0) is 17.5. The number of thiophene rings is 1. The van der Waals surface area contributed by atoms with Gasteiger partial charge in [0.2, 0.25) is 11.8 Å². The van der Waals surface area contributed by atoms with E-state index in [1.807, 2.05) is 30.3 Å². The first-order valence-electron chi connectivity index (χ1n) is 7.29. The number of anilines is 1. The molecule has 0 radical (unpaired) electrons. The number of methoxy groups -OCH3 is 1. The molecule has 24 heavy (non-hydrogen) atoms. The fraction of sp³-hybridized carbons (Fsp3) is 0.235. The molecule has 2 amide bonds. The summed E-state index contributed by atoms with van der Waals surface area (Å²) in [6.45, 7) is 1.41. The van der Waals surface area contributed by atoms with Gasteiger partial charge in [-0.05, 0) is 17.7 Å². The average molecular weight is 346 g/mol. The zero-order valence-electron chi connectivity index (χ0n) is 13.4. The van der Waals surface area contributed by atoms with E-state index < -0.39 is 12.0 Å². The summed E-state index contributed by atoms with van der Waals surface area (Å²) in [5.74, 6) is -0.905. The number of benzene rings is 1. The number of amides is 2. The second kappa shape index (κ2) is 8.26. The summed E-state index contributed by atoms with van der Waals surface area (Å²) in [6, 6.07) is 12.1. The average Bonchev–Trinajstić information content (AvgIpc) is 3.02. The molecule has 0 bridgehead atoms. The molecule has 6 nitrogen and oxygen atoms in total. The third-order valence-corrected chi connectivity index (χ3v) is 4.20. The number of ether oxygens (including phenoxy) is 1. The molecule has 2 aromatic rings. The SMILES string of the molecule is COC(=O)c1ccc(NC(=O)C[C@@H](NC(C)=O)c2ccccc2)s1. The van der Waals surface area contributed by atoms with Crippen LogP contribution in [0.1, 0.15) is 34.6 Å². The standard InChI is InChI=1S/C17H18N2O4S/c1-11(20)18-13(12-6-4-3-5-7-12)10-15(21)19-16-9-8-14(24-16)17(22)23-2/h3-9,13H,10H2,1-2H3,(H,18,20)(H,19,21)/t13-/m1/s1. The Morgan fingerprint density at radius 2 is 1.83 bits per heavy atom. The van der Waals surface area contributed by atoms with Crippen LogP contribution < -0.4 is 10.6 Å². The summed E-state index contributed by atoms with van der Waals surface area (Å²) in [5.41, 5.74) is 0.851. The van der Waals surface area contributed by atoms with Gasteiger partial charge in [0.1, 0.15) is 4.88 Å². The van der Waals surface area contributed by atoms with Gasteiger partial charge in [-0.2, -0.15) is 0 Å². The molecule has 0 saturated heterocycles. The van der Waals surface area contributed by atoms with Crippen molar-refractivity contribution < 1.29 is 19.1 Å². The Hall–Kier alpha value is -2.67. The fourth-order valence-electron chi connectivity index (χ4n) is 2.17. The molecule has 1 aromatic heterocycles. The first kappa shape index (κ1) is 17.7. The molecule has 0 aliphatic carbocycles. The summed E-state index contributed by atoms with van der Waals surface area (Å²) < 4.78 is 4.63. The first-order chi connectivity index (χ1) is 11.5. The van der Waals surface area contributed by atoms with Crippen molar-refractivity contribution in [2.24, 2.45) is 0 Å². The lowest BCUT2D eigenvalue weighted by molar-refractivity contribution is -0.120. The lowest BCUT2D eigenvalue weighted by Crippen LogP contribution is -2.29. The number of nitrogens with one attached hydrogen (secondary N) is 2. The van der Waals surface area contributed by atoms with Gasteiger partial charge in [-0.15, -0.1) is 11.3 Å². The van der Waals surface area contributed by atoms with Gasteiger partial charge < -0.3 is 15.4 Å². The molecule has 1 atom stereocenters. The third-order valence-electron chi connectivity index (χ3n) is 3.22. The van der Waals surface area contributed by atoms with Crippen LogP contribution in [0.15, 0.2) is 42.5 Å². The Labute approximate surface area is 143 Å². The summed E-state index contributed by atoms with van der Waals surface area (Å²) in [6.07, 6.45) is 0.0923. The molecule has 0 fully saturated rings. The van der Waals surface area contributed by atoms with E-state index in [0.717, 1.165) is 16.9 Å². The molecule has 2 N–H and O–H groups in total. The fourth-order valence-corrected chi connectivity index (χ4v) is 3.01. The number of hydrogen-bond donors (Lipinski definition) is 2. The van der Waals surface area contributed by atoms with E-state index in [9.17, 15) is 14.4 Å². The number of hydrogen-bond acceptors (Lipinski definition) is 5. The lowest BCUT2D eigenvalue weighted by Gasteiger charge is -2.17.